The molecule has 8 heteroatoms. The second kappa shape index (κ2) is 5.34. The van der Waals surface area contributed by atoms with Crippen LogP contribution in [0.2, 0.25) is 0 Å². The van der Waals surface area contributed by atoms with Crippen LogP contribution in [0.25, 0.3) is 21.5 Å². The Hall–Kier alpha value is -2.35. The Morgan fingerprint density at radius 1 is 1.33 bits per heavy atom. The van der Waals surface area contributed by atoms with E-state index < -0.39 is 19.0 Å². The number of halogens is 2. The van der Waals surface area contributed by atoms with Gasteiger partial charge < -0.3 is 4.90 Å². The molecule has 24 heavy (non-hydrogen) atoms. The molecule has 0 saturated carbocycles. The number of aryl methyl sites for hydroxylation is 1. The first-order valence-corrected chi connectivity index (χ1v) is 8.32. The van der Waals surface area contributed by atoms with Crippen LogP contribution >= 0.6 is 11.3 Å². The van der Waals surface area contributed by atoms with Crippen LogP contribution in [0.3, 0.4) is 0 Å². The summed E-state index contributed by atoms with van der Waals surface area (Å²) in [4.78, 5) is 18.7. The topological polar surface area (TPSA) is 51.0 Å². The van der Waals surface area contributed by atoms with Gasteiger partial charge in [0.25, 0.3) is 5.92 Å². The number of aromatic nitrogens is 3. The first-order valence-electron chi connectivity index (χ1n) is 7.44. The third kappa shape index (κ3) is 2.66. The first-order chi connectivity index (χ1) is 11.4. The van der Waals surface area contributed by atoms with Crippen molar-refractivity contribution in [3.05, 3.63) is 35.5 Å². The lowest BCUT2D eigenvalue weighted by Gasteiger charge is -2.38. The lowest BCUT2D eigenvalue weighted by Crippen LogP contribution is -2.59. The van der Waals surface area contributed by atoms with Gasteiger partial charge in [0.15, 0.2) is 0 Å². The van der Waals surface area contributed by atoms with Crippen LogP contribution in [-0.4, -0.2) is 44.6 Å². The molecule has 124 valence electrons. The molecule has 0 spiro atoms. The van der Waals surface area contributed by atoms with E-state index >= 15 is 0 Å². The van der Waals surface area contributed by atoms with Crippen molar-refractivity contribution in [2.24, 2.45) is 0 Å². The van der Waals surface area contributed by atoms with Gasteiger partial charge in [-0.1, -0.05) is 0 Å². The summed E-state index contributed by atoms with van der Waals surface area (Å²) in [6.45, 7) is 0.942. The molecule has 4 heterocycles. The van der Waals surface area contributed by atoms with Crippen LogP contribution in [0.15, 0.2) is 29.9 Å². The van der Waals surface area contributed by atoms with E-state index in [-0.39, 0.29) is 12.5 Å². The zero-order valence-corrected chi connectivity index (χ0v) is 13.7. The molecule has 1 saturated heterocycles. The lowest BCUT2D eigenvalue weighted by molar-refractivity contribution is -0.166. The van der Waals surface area contributed by atoms with Crippen molar-refractivity contribution in [3.63, 3.8) is 0 Å². The first kappa shape index (κ1) is 15.2. The highest BCUT2D eigenvalue weighted by molar-refractivity contribution is 7.13. The maximum absolute atomic E-state index is 12.9. The predicted octanol–water partition coefficient (Wildman–Crippen LogP) is 2.95. The second-order valence-electron chi connectivity index (χ2n) is 6.02. The Bertz CT molecular complexity index is 925. The Morgan fingerprint density at radius 3 is 2.79 bits per heavy atom. The van der Waals surface area contributed by atoms with E-state index in [1.54, 1.807) is 23.7 Å². The molecule has 0 unspecified atom stereocenters. The predicted molar refractivity (Wildman–Crippen MR) is 87.1 cm³/mol. The minimum Gasteiger partial charge on any atom is -0.329 e. The van der Waals surface area contributed by atoms with Crippen molar-refractivity contribution in [2.75, 3.05) is 13.1 Å². The summed E-state index contributed by atoms with van der Waals surface area (Å²) in [5.41, 5.74) is 3.52. The Balaban J connectivity index is 1.60. The number of pyridine rings is 1. The highest BCUT2D eigenvalue weighted by Crippen LogP contribution is 2.29. The normalized spacial score (nSPS) is 16.4. The molecule has 1 aliphatic heterocycles. The molecular weight excluding hydrogens is 334 g/mol. The molecule has 0 radical (unpaired) electrons. The molecule has 1 aliphatic rings. The summed E-state index contributed by atoms with van der Waals surface area (Å²) < 4.78 is 27.3. The summed E-state index contributed by atoms with van der Waals surface area (Å²) in [6, 6.07) is 4.00. The molecule has 4 rings (SSSR count). The Morgan fingerprint density at radius 2 is 2.12 bits per heavy atom. The summed E-state index contributed by atoms with van der Waals surface area (Å²) in [5, 5.41) is 6.23. The number of amides is 1. The summed E-state index contributed by atoms with van der Waals surface area (Å²) in [5.74, 6) is -3.11. The van der Waals surface area contributed by atoms with E-state index in [9.17, 15) is 13.6 Å². The van der Waals surface area contributed by atoms with Crippen molar-refractivity contribution >= 4 is 28.3 Å². The van der Waals surface area contributed by atoms with E-state index in [0.717, 1.165) is 20.9 Å². The highest BCUT2D eigenvalue weighted by atomic mass is 32.1. The number of alkyl halides is 2. The van der Waals surface area contributed by atoms with Crippen LogP contribution in [0.4, 0.5) is 8.78 Å². The van der Waals surface area contributed by atoms with Gasteiger partial charge in [-0.25, -0.2) is 8.78 Å². The van der Waals surface area contributed by atoms with E-state index in [1.807, 2.05) is 13.0 Å². The molecule has 0 bridgehead atoms. The standard InChI is InChI=1S/C16H14F2N4OS/c1-10-2-14(24-7-10)11-3-13-12(19-4-11)5-20-22(13)6-15(23)21-8-16(17,18)9-21/h2-5,7H,6,8-9H2,1H3. The number of nitrogens with zero attached hydrogens (tertiary/aromatic N) is 4. The Labute approximate surface area is 140 Å². The van der Waals surface area contributed by atoms with Gasteiger partial charge in [0, 0.05) is 16.6 Å². The number of fused-ring (bicyclic) bond motifs is 1. The molecule has 5 nitrogen and oxygen atoms in total. The van der Waals surface area contributed by atoms with Gasteiger partial charge in [-0.2, -0.15) is 5.10 Å². The lowest BCUT2D eigenvalue weighted by atomic mass is 10.1. The van der Waals surface area contributed by atoms with Crippen LogP contribution < -0.4 is 0 Å². The van der Waals surface area contributed by atoms with Gasteiger partial charge in [-0.3, -0.25) is 14.5 Å². The van der Waals surface area contributed by atoms with Crippen LogP contribution in [0.5, 0.6) is 0 Å². The summed E-state index contributed by atoms with van der Waals surface area (Å²) in [6.07, 6.45) is 3.36. The average molecular weight is 348 g/mol. The fraction of sp³-hybridized carbons (Fsp3) is 0.312. The van der Waals surface area contributed by atoms with E-state index in [0.29, 0.717) is 5.52 Å². The fourth-order valence-corrected chi connectivity index (χ4v) is 3.60. The third-order valence-electron chi connectivity index (χ3n) is 3.99. The van der Waals surface area contributed by atoms with E-state index in [4.69, 9.17) is 0 Å². The molecule has 0 N–H and O–H groups in total. The summed E-state index contributed by atoms with van der Waals surface area (Å²) in [7, 11) is 0. The molecule has 3 aromatic heterocycles. The number of hydrogen-bond acceptors (Lipinski definition) is 4. The SMILES string of the molecule is Cc1csc(-c2cnc3cnn(CC(=O)N4CC(F)(F)C4)c3c2)c1. The van der Waals surface area contributed by atoms with Gasteiger partial charge in [-0.15, -0.1) is 11.3 Å². The molecule has 0 aliphatic carbocycles. The fourth-order valence-electron chi connectivity index (χ4n) is 2.72. The third-order valence-corrected chi connectivity index (χ3v) is 5.09. The van der Waals surface area contributed by atoms with E-state index in [2.05, 4.69) is 21.5 Å². The monoisotopic (exact) mass is 348 g/mol. The minimum absolute atomic E-state index is 0.0613. The van der Waals surface area contributed by atoms with Gasteiger partial charge in [-0.05, 0) is 30.0 Å². The molecule has 3 aromatic rings. The maximum atomic E-state index is 12.9. The van der Waals surface area contributed by atoms with Gasteiger partial charge in [0.05, 0.1) is 24.8 Å². The smallest absolute Gasteiger partial charge is 0.282 e. The molecule has 1 amide bonds. The number of likely N-dealkylation sites (tertiary alicyclic amines) is 1. The van der Waals surface area contributed by atoms with E-state index in [1.165, 1.54) is 10.2 Å². The molecule has 1 fully saturated rings. The van der Waals surface area contributed by atoms with Crippen LogP contribution in [-0.2, 0) is 11.3 Å². The quantitative estimate of drug-likeness (QED) is 0.731. The second-order valence-corrected chi connectivity index (χ2v) is 6.94. The molecular formula is C16H14F2N4OS. The van der Waals surface area contributed by atoms with Gasteiger partial charge in [0.1, 0.15) is 12.1 Å². The number of rotatable bonds is 3. The number of thiophene rings is 1. The van der Waals surface area contributed by atoms with Gasteiger partial charge in [0.2, 0.25) is 5.91 Å². The highest BCUT2D eigenvalue weighted by Gasteiger charge is 2.46. The average Bonchev–Trinajstić information content (AvgIpc) is 3.11. The van der Waals surface area contributed by atoms with Crippen molar-refractivity contribution in [3.8, 4) is 10.4 Å². The van der Waals surface area contributed by atoms with Gasteiger partial charge >= 0.3 is 0 Å². The Kier molecular flexibility index (Phi) is 3.38. The zero-order chi connectivity index (χ0) is 16.9. The molecule has 0 aromatic carbocycles. The van der Waals surface area contributed by atoms with Crippen molar-refractivity contribution in [1.82, 2.24) is 19.7 Å². The zero-order valence-electron chi connectivity index (χ0n) is 12.9. The number of carbonyl (C=O) groups is 1. The van der Waals surface area contributed by atoms with Crippen LogP contribution in [0, 0.1) is 6.92 Å². The number of carbonyl (C=O) groups excluding carboxylic acids is 1. The minimum atomic E-state index is -2.76. The largest absolute Gasteiger partial charge is 0.329 e. The summed E-state index contributed by atoms with van der Waals surface area (Å²) >= 11 is 1.62. The van der Waals surface area contributed by atoms with Crippen molar-refractivity contribution in [1.29, 1.82) is 0 Å². The van der Waals surface area contributed by atoms with Crippen molar-refractivity contribution in [2.45, 2.75) is 19.4 Å². The van der Waals surface area contributed by atoms with Crippen molar-refractivity contribution < 1.29 is 13.6 Å². The maximum Gasteiger partial charge on any atom is 0.282 e. The van der Waals surface area contributed by atoms with Crippen LogP contribution in [0.1, 0.15) is 5.56 Å². The molecule has 0 atom stereocenters. The number of hydrogen-bond donors (Lipinski definition) is 0.